The Morgan fingerprint density at radius 3 is 2.67 bits per heavy atom. The summed E-state index contributed by atoms with van der Waals surface area (Å²) in [5.41, 5.74) is 0. The minimum absolute atomic E-state index is 0.507. The summed E-state index contributed by atoms with van der Waals surface area (Å²) in [6.07, 6.45) is 1.14. The highest BCUT2D eigenvalue weighted by molar-refractivity contribution is 5.79. The molecule has 140 valence electrons. The van der Waals surface area contributed by atoms with E-state index in [9.17, 15) is 0 Å². The highest BCUT2D eigenvalue weighted by Gasteiger charge is 2.21. The number of rotatable bonds is 7. The van der Waals surface area contributed by atoms with Crippen LogP contribution in [0.3, 0.4) is 0 Å². The summed E-state index contributed by atoms with van der Waals surface area (Å²) in [6, 6.07) is 0.507. The van der Waals surface area contributed by atoms with Gasteiger partial charge in [0.2, 0.25) is 0 Å². The Morgan fingerprint density at radius 1 is 1.12 bits per heavy atom. The van der Waals surface area contributed by atoms with E-state index in [-0.39, 0.29) is 0 Å². The van der Waals surface area contributed by atoms with E-state index in [4.69, 9.17) is 9.73 Å². The molecular formula is C17H36N6O. The van der Waals surface area contributed by atoms with E-state index in [1.165, 1.54) is 0 Å². The van der Waals surface area contributed by atoms with Crippen molar-refractivity contribution >= 4 is 5.96 Å². The number of hydrogen-bond donors (Lipinski definition) is 2. The molecule has 0 aromatic carbocycles. The largest absolute Gasteiger partial charge is 0.379 e. The van der Waals surface area contributed by atoms with Gasteiger partial charge in [0.05, 0.1) is 19.8 Å². The van der Waals surface area contributed by atoms with E-state index >= 15 is 0 Å². The predicted molar refractivity (Wildman–Crippen MR) is 99.8 cm³/mol. The maximum absolute atomic E-state index is 5.39. The third-order valence-electron chi connectivity index (χ3n) is 4.83. The Morgan fingerprint density at radius 2 is 1.92 bits per heavy atom. The molecule has 7 heteroatoms. The quantitative estimate of drug-likeness (QED) is 0.371. The van der Waals surface area contributed by atoms with Crippen LogP contribution in [0, 0.1) is 0 Å². The average molecular weight is 341 g/mol. The molecule has 0 radical (unpaired) electrons. The van der Waals surface area contributed by atoms with Gasteiger partial charge in [0.25, 0.3) is 0 Å². The fourth-order valence-corrected chi connectivity index (χ4v) is 3.17. The van der Waals surface area contributed by atoms with E-state index in [0.29, 0.717) is 6.04 Å². The number of morpholine rings is 1. The second kappa shape index (κ2) is 10.9. The van der Waals surface area contributed by atoms with E-state index in [1.807, 2.05) is 0 Å². The first-order valence-corrected chi connectivity index (χ1v) is 9.40. The topological polar surface area (TPSA) is 55.4 Å². The number of aliphatic imine (C=N–C) groups is 1. The van der Waals surface area contributed by atoms with Crippen molar-refractivity contribution in [1.82, 2.24) is 25.3 Å². The fraction of sp³-hybridized carbons (Fsp3) is 0.941. The van der Waals surface area contributed by atoms with Crippen molar-refractivity contribution in [3.63, 3.8) is 0 Å². The molecule has 1 unspecified atom stereocenters. The maximum Gasteiger partial charge on any atom is 0.191 e. The van der Waals surface area contributed by atoms with Gasteiger partial charge in [-0.1, -0.05) is 0 Å². The van der Waals surface area contributed by atoms with Crippen LogP contribution in [0.25, 0.3) is 0 Å². The molecule has 0 saturated carbocycles. The second-order valence-electron chi connectivity index (χ2n) is 6.85. The average Bonchev–Trinajstić information content (AvgIpc) is 2.60. The summed E-state index contributed by atoms with van der Waals surface area (Å²) >= 11 is 0. The number of hydrogen-bond acceptors (Lipinski definition) is 5. The third-order valence-corrected chi connectivity index (χ3v) is 4.83. The minimum Gasteiger partial charge on any atom is -0.379 e. The van der Waals surface area contributed by atoms with Gasteiger partial charge in [-0.3, -0.25) is 14.8 Å². The van der Waals surface area contributed by atoms with Crippen LogP contribution >= 0.6 is 0 Å². The molecule has 2 aliphatic heterocycles. The second-order valence-corrected chi connectivity index (χ2v) is 6.85. The fourth-order valence-electron chi connectivity index (χ4n) is 3.17. The Hall–Kier alpha value is -0.890. The van der Waals surface area contributed by atoms with Crippen molar-refractivity contribution in [2.24, 2.45) is 4.99 Å². The zero-order chi connectivity index (χ0) is 17.2. The molecule has 2 N–H and O–H groups in total. The molecular weight excluding hydrogens is 304 g/mol. The zero-order valence-electron chi connectivity index (χ0n) is 15.8. The molecule has 2 fully saturated rings. The van der Waals surface area contributed by atoms with Crippen LogP contribution in [-0.4, -0.2) is 113 Å². The van der Waals surface area contributed by atoms with Gasteiger partial charge in [0.15, 0.2) is 5.96 Å². The normalized spacial score (nSPS) is 25.0. The molecule has 2 heterocycles. The summed E-state index contributed by atoms with van der Waals surface area (Å²) in [5, 5.41) is 6.83. The molecule has 7 nitrogen and oxygen atoms in total. The SMILES string of the molecule is CCNC(=NCC1CN(C)CCN1C)NCCCN1CCOCC1. The molecule has 0 amide bonds. The van der Waals surface area contributed by atoms with Crippen LogP contribution in [0.4, 0.5) is 0 Å². The number of ether oxygens (including phenoxy) is 1. The highest BCUT2D eigenvalue weighted by Crippen LogP contribution is 2.06. The van der Waals surface area contributed by atoms with Crippen LogP contribution in [0.15, 0.2) is 4.99 Å². The van der Waals surface area contributed by atoms with Crippen molar-refractivity contribution in [1.29, 1.82) is 0 Å². The lowest BCUT2D eigenvalue weighted by Crippen LogP contribution is -2.51. The Labute approximate surface area is 147 Å². The molecule has 0 aromatic heterocycles. The smallest absolute Gasteiger partial charge is 0.191 e. The Kier molecular flexibility index (Phi) is 8.80. The highest BCUT2D eigenvalue weighted by atomic mass is 16.5. The van der Waals surface area contributed by atoms with Crippen molar-refractivity contribution in [3.8, 4) is 0 Å². The Balaban J connectivity index is 1.69. The van der Waals surface area contributed by atoms with Gasteiger partial charge >= 0.3 is 0 Å². The molecule has 0 aliphatic carbocycles. The number of piperazine rings is 1. The van der Waals surface area contributed by atoms with Crippen molar-refractivity contribution < 1.29 is 4.74 Å². The first kappa shape index (κ1) is 19.4. The van der Waals surface area contributed by atoms with E-state index in [1.54, 1.807) is 0 Å². The summed E-state index contributed by atoms with van der Waals surface area (Å²) < 4.78 is 5.39. The van der Waals surface area contributed by atoms with Crippen LogP contribution < -0.4 is 10.6 Å². The molecule has 1 atom stereocenters. The minimum atomic E-state index is 0.507. The maximum atomic E-state index is 5.39. The Bertz CT molecular complexity index is 372. The number of guanidine groups is 1. The van der Waals surface area contributed by atoms with Gasteiger partial charge in [-0.25, -0.2) is 0 Å². The first-order chi connectivity index (χ1) is 11.7. The summed E-state index contributed by atoms with van der Waals surface area (Å²) in [6.45, 7) is 13.2. The van der Waals surface area contributed by atoms with Gasteiger partial charge in [0, 0.05) is 51.9 Å². The lowest BCUT2D eigenvalue weighted by atomic mass is 10.2. The third kappa shape index (κ3) is 6.93. The van der Waals surface area contributed by atoms with Crippen molar-refractivity contribution in [2.75, 3.05) is 86.2 Å². The number of nitrogens with one attached hydrogen (secondary N) is 2. The predicted octanol–water partition coefficient (Wildman–Crippen LogP) is -0.490. The molecule has 0 spiro atoms. The van der Waals surface area contributed by atoms with E-state index in [2.05, 4.69) is 46.4 Å². The van der Waals surface area contributed by atoms with E-state index in [0.717, 1.165) is 84.5 Å². The van der Waals surface area contributed by atoms with Gasteiger partial charge in [-0.15, -0.1) is 0 Å². The van der Waals surface area contributed by atoms with Crippen LogP contribution in [-0.2, 0) is 4.74 Å². The molecule has 0 aromatic rings. The monoisotopic (exact) mass is 340 g/mol. The molecule has 24 heavy (non-hydrogen) atoms. The molecule has 2 aliphatic rings. The first-order valence-electron chi connectivity index (χ1n) is 9.40. The van der Waals surface area contributed by atoms with Crippen LogP contribution in [0.5, 0.6) is 0 Å². The lowest BCUT2D eigenvalue weighted by Gasteiger charge is -2.36. The zero-order valence-corrected chi connectivity index (χ0v) is 15.8. The molecule has 2 rings (SSSR count). The van der Waals surface area contributed by atoms with Gasteiger partial charge < -0.3 is 20.3 Å². The van der Waals surface area contributed by atoms with Gasteiger partial charge in [-0.05, 0) is 34.0 Å². The standard InChI is InChI=1S/C17H36N6O/c1-4-18-17(19-6-5-7-23-10-12-24-13-11-23)20-14-16-15-21(2)8-9-22(16)3/h16H,4-15H2,1-3H3,(H2,18,19,20). The summed E-state index contributed by atoms with van der Waals surface area (Å²) in [5.74, 6) is 0.945. The lowest BCUT2D eigenvalue weighted by molar-refractivity contribution is 0.0376. The van der Waals surface area contributed by atoms with Crippen molar-refractivity contribution in [2.45, 2.75) is 19.4 Å². The molecule has 0 bridgehead atoms. The number of likely N-dealkylation sites (N-methyl/N-ethyl adjacent to an activating group) is 2. The van der Waals surface area contributed by atoms with Crippen molar-refractivity contribution in [3.05, 3.63) is 0 Å². The summed E-state index contributed by atoms with van der Waals surface area (Å²) in [7, 11) is 4.40. The van der Waals surface area contributed by atoms with E-state index < -0.39 is 0 Å². The van der Waals surface area contributed by atoms with Crippen LogP contribution in [0.1, 0.15) is 13.3 Å². The van der Waals surface area contributed by atoms with Gasteiger partial charge in [-0.2, -0.15) is 0 Å². The van der Waals surface area contributed by atoms with Gasteiger partial charge in [0.1, 0.15) is 0 Å². The van der Waals surface area contributed by atoms with Crippen LogP contribution in [0.2, 0.25) is 0 Å². The molecule has 2 saturated heterocycles. The summed E-state index contributed by atoms with van der Waals surface area (Å²) in [4.78, 5) is 12.1. The number of nitrogens with zero attached hydrogens (tertiary/aromatic N) is 4.